The van der Waals surface area contributed by atoms with Gasteiger partial charge >= 0.3 is 0 Å². The first kappa shape index (κ1) is 11.5. The third-order valence-corrected chi connectivity index (χ3v) is 3.43. The van der Waals surface area contributed by atoms with Crippen LogP contribution in [0.2, 0.25) is 0 Å². The minimum absolute atomic E-state index is 0.463. The molecule has 3 atom stereocenters. The van der Waals surface area contributed by atoms with Crippen LogP contribution in [0.1, 0.15) is 38.3 Å². The molecule has 1 fully saturated rings. The van der Waals surface area contributed by atoms with Crippen LogP contribution in [-0.4, -0.2) is 13.2 Å². The van der Waals surface area contributed by atoms with E-state index < -0.39 is 0 Å². The van der Waals surface area contributed by atoms with Gasteiger partial charge in [0, 0.05) is 12.1 Å². The summed E-state index contributed by atoms with van der Waals surface area (Å²) >= 11 is 0. The maximum Gasteiger partial charge on any atom is 0.119 e. The average molecular weight is 219 g/mol. The number of nitrogens with one attached hydrogen (secondary N) is 1. The van der Waals surface area contributed by atoms with E-state index in [0.717, 1.165) is 24.1 Å². The molecular weight excluding hydrogens is 198 g/mol. The van der Waals surface area contributed by atoms with Gasteiger partial charge in [-0.15, -0.1) is 0 Å². The molecule has 1 saturated carbocycles. The highest BCUT2D eigenvalue weighted by Crippen LogP contribution is 2.33. The first-order valence-corrected chi connectivity index (χ1v) is 6.14. The van der Waals surface area contributed by atoms with E-state index in [-0.39, 0.29) is 0 Å². The molecule has 0 spiro atoms. The van der Waals surface area contributed by atoms with Crippen LogP contribution < -0.4 is 10.1 Å². The summed E-state index contributed by atoms with van der Waals surface area (Å²) in [6.07, 6.45) is 2.44. The average Bonchev–Trinajstić information content (AvgIpc) is 3.02. The van der Waals surface area contributed by atoms with Gasteiger partial charge in [0.15, 0.2) is 0 Å². The van der Waals surface area contributed by atoms with Gasteiger partial charge < -0.3 is 10.1 Å². The predicted molar refractivity (Wildman–Crippen MR) is 66.7 cm³/mol. The van der Waals surface area contributed by atoms with Crippen molar-refractivity contribution in [2.45, 2.75) is 38.8 Å². The van der Waals surface area contributed by atoms with Crippen molar-refractivity contribution in [1.29, 1.82) is 0 Å². The lowest BCUT2D eigenvalue weighted by molar-refractivity contribution is 0.412. The smallest absolute Gasteiger partial charge is 0.119 e. The van der Waals surface area contributed by atoms with Crippen LogP contribution in [-0.2, 0) is 0 Å². The highest BCUT2D eigenvalue weighted by atomic mass is 16.5. The molecule has 2 nitrogen and oxygen atoms in total. The Morgan fingerprint density at radius 3 is 2.81 bits per heavy atom. The maximum absolute atomic E-state index is 5.26. The predicted octanol–water partition coefficient (Wildman–Crippen LogP) is 3.14. The van der Waals surface area contributed by atoms with Crippen molar-refractivity contribution in [3.63, 3.8) is 0 Å². The van der Waals surface area contributed by atoms with Crippen molar-refractivity contribution in [3.05, 3.63) is 29.8 Å². The zero-order valence-electron chi connectivity index (χ0n) is 10.4. The third-order valence-electron chi connectivity index (χ3n) is 3.43. The normalized spacial score (nSPS) is 25.2. The van der Waals surface area contributed by atoms with E-state index in [0.29, 0.717) is 6.04 Å². The van der Waals surface area contributed by atoms with Gasteiger partial charge in [0.05, 0.1) is 7.11 Å². The van der Waals surface area contributed by atoms with E-state index >= 15 is 0 Å². The Balaban J connectivity index is 2.06. The summed E-state index contributed by atoms with van der Waals surface area (Å²) in [6, 6.07) is 9.55. The molecule has 1 aliphatic carbocycles. The fourth-order valence-electron chi connectivity index (χ4n) is 2.12. The number of rotatable bonds is 5. The van der Waals surface area contributed by atoms with E-state index in [4.69, 9.17) is 4.74 Å². The van der Waals surface area contributed by atoms with Crippen LogP contribution in [0.4, 0.5) is 0 Å². The lowest BCUT2D eigenvalue weighted by Gasteiger charge is -2.18. The van der Waals surface area contributed by atoms with Crippen LogP contribution in [0, 0.1) is 5.92 Å². The number of ether oxygens (including phenoxy) is 1. The number of benzene rings is 1. The molecule has 0 amide bonds. The second kappa shape index (κ2) is 4.88. The highest BCUT2D eigenvalue weighted by molar-refractivity contribution is 5.30. The fraction of sp³-hybridized carbons (Fsp3) is 0.571. The van der Waals surface area contributed by atoms with Crippen molar-refractivity contribution < 1.29 is 4.74 Å². The van der Waals surface area contributed by atoms with E-state index in [1.807, 2.05) is 6.07 Å². The molecule has 0 aliphatic heterocycles. The quantitative estimate of drug-likeness (QED) is 0.821. The molecule has 1 aromatic carbocycles. The van der Waals surface area contributed by atoms with E-state index in [2.05, 4.69) is 37.4 Å². The molecule has 16 heavy (non-hydrogen) atoms. The summed E-state index contributed by atoms with van der Waals surface area (Å²) in [5, 5.41) is 3.70. The van der Waals surface area contributed by atoms with Crippen LogP contribution >= 0.6 is 0 Å². The van der Waals surface area contributed by atoms with Crippen molar-refractivity contribution in [2.24, 2.45) is 5.92 Å². The summed E-state index contributed by atoms with van der Waals surface area (Å²) in [5.41, 5.74) is 1.33. The molecule has 0 radical (unpaired) electrons. The molecule has 2 heteroatoms. The second-order valence-corrected chi connectivity index (χ2v) is 4.72. The van der Waals surface area contributed by atoms with Gasteiger partial charge in [-0.2, -0.15) is 0 Å². The molecule has 1 aliphatic rings. The molecule has 0 saturated heterocycles. The van der Waals surface area contributed by atoms with E-state index in [1.54, 1.807) is 7.11 Å². The molecule has 3 unspecified atom stereocenters. The van der Waals surface area contributed by atoms with Crippen molar-refractivity contribution in [3.8, 4) is 5.75 Å². The van der Waals surface area contributed by atoms with Gasteiger partial charge in [0.25, 0.3) is 0 Å². The van der Waals surface area contributed by atoms with Gasteiger partial charge in [-0.25, -0.2) is 0 Å². The SMILES string of the molecule is CCC(NC1CC1C)c1cccc(OC)c1. The molecule has 0 bridgehead atoms. The Labute approximate surface area is 98.0 Å². The largest absolute Gasteiger partial charge is 0.497 e. The molecule has 1 aromatic rings. The summed E-state index contributed by atoms with van der Waals surface area (Å²) in [6.45, 7) is 4.53. The summed E-state index contributed by atoms with van der Waals surface area (Å²) in [5.74, 6) is 1.79. The van der Waals surface area contributed by atoms with Crippen molar-refractivity contribution >= 4 is 0 Å². The monoisotopic (exact) mass is 219 g/mol. The van der Waals surface area contributed by atoms with Crippen molar-refractivity contribution in [2.75, 3.05) is 7.11 Å². The Bertz CT molecular complexity index is 350. The highest BCUT2D eigenvalue weighted by Gasteiger charge is 2.33. The molecule has 1 N–H and O–H groups in total. The zero-order valence-corrected chi connectivity index (χ0v) is 10.4. The minimum atomic E-state index is 0.463. The van der Waals surface area contributed by atoms with Gasteiger partial charge in [0.1, 0.15) is 5.75 Å². The van der Waals surface area contributed by atoms with Gasteiger partial charge in [0.2, 0.25) is 0 Å². The van der Waals surface area contributed by atoms with Crippen LogP contribution in [0.25, 0.3) is 0 Å². The Morgan fingerprint density at radius 2 is 2.25 bits per heavy atom. The number of hydrogen-bond acceptors (Lipinski definition) is 2. The summed E-state index contributed by atoms with van der Waals surface area (Å²) in [7, 11) is 1.72. The lowest BCUT2D eigenvalue weighted by Crippen LogP contribution is -2.23. The molecule has 88 valence electrons. The molecular formula is C14H21NO. The van der Waals surface area contributed by atoms with Crippen molar-refractivity contribution in [1.82, 2.24) is 5.32 Å². The summed E-state index contributed by atoms with van der Waals surface area (Å²) < 4.78 is 5.26. The Kier molecular flexibility index (Phi) is 3.49. The maximum atomic E-state index is 5.26. The Morgan fingerprint density at radius 1 is 1.50 bits per heavy atom. The standard InChI is InChI=1S/C14H21NO/c1-4-13(15-14-8-10(14)2)11-6-5-7-12(9-11)16-3/h5-7,9-10,13-15H,4,8H2,1-3H3. The fourth-order valence-corrected chi connectivity index (χ4v) is 2.12. The van der Waals surface area contributed by atoms with Crippen LogP contribution in [0.5, 0.6) is 5.75 Å². The Hall–Kier alpha value is -1.02. The third kappa shape index (κ3) is 2.56. The first-order valence-electron chi connectivity index (χ1n) is 6.14. The lowest BCUT2D eigenvalue weighted by atomic mass is 10.0. The molecule has 0 aromatic heterocycles. The molecule has 2 rings (SSSR count). The molecule has 0 heterocycles. The van der Waals surface area contributed by atoms with Crippen LogP contribution in [0.3, 0.4) is 0 Å². The second-order valence-electron chi connectivity index (χ2n) is 4.72. The summed E-state index contributed by atoms with van der Waals surface area (Å²) in [4.78, 5) is 0. The minimum Gasteiger partial charge on any atom is -0.497 e. The first-order chi connectivity index (χ1) is 7.74. The van der Waals surface area contributed by atoms with Gasteiger partial charge in [-0.05, 0) is 36.5 Å². The van der Waals surface area contributed by atoms with Gasteiger partial charge in [-0.3, -0.25) is 0 Å². The number of methoxy groups -OCH3 is 1. The topological polar surface area (TPSA) is 21.3 Å². The number of hydrogen-bond donors (Lipinski definition) is 1. The van der Waals surface area contributed by atoms with Crippen LogP contribution in [0.15, 0.2) is 24.3 Å². The van der Waals surface area contributed by atoms with Gasteiger partial charge in [-0.1, -0.05) is 26.0 Å². The van der Waals surface area contributed by atoms with E-state index in [1.165, 1.54) is 12.0 Å². The van der Waals surface area contributed by atoms with E-state index in [9.17, 15) is 0 Å². The zero-order chi connectivity index (χ0) is 11.5.